The Hall–Kier alpha value is -1.68. The number of alkyl halides is 3. The molecule has 1 atom stereocenters. The highest BCUT2D eigenvalue weighted by Crippen LogP contribution is 2.33. The van der Waals surface area contributed by atoms with Crippen LogP contribution in [0.2, 0.25) is 0 Å². The summed E-state index contributed by atoms with van der Waals surface area (Å²) in [5.74, 6) is -0.250. The van der Waals surface area contributed by atoms with Gasteiger partial charge in [-0.3, -0.25) is 0 Å². The van der Waals surface area contributed by atoms with Crippen LogP contribution in [-0.2, 0) is 22.6 Å². The zero-order valence-corrected chi connectivity index (χ0v) is 16.3. The van der Waals surface area contributed by atoms with Gasteiger partial charge in [-0.05, 0) is 39.2 Å². The smallest absolute Gasteiger partial charge is 0.234 e. The highest BCUT2D eigenvalue weighted by atomic mass is 32.2. The molecule has 0 bridgehead atoms. The summed E-state index contributed by atoms with van der Waals surface area (Å²) < 4.78 is 67.4. The maximum absolute atomic E-state index is 13.4. The van der Waals surface area contributed by atoms with Crippen LogP contribution in [0.5, 0.6) is 0 Å². The largest absolute Gasteiger partial charge is 0.433 e. The fourth-order valence-electron chi connectivity index (χ4n) is 3.34. The van der Waals surface area contributed by atoms with Crippen molar-refractivity contribution in [3.8, 4) is 0 Å². The van der Waals surface area contributed by atoms with Crippen LogP contribution in [0.4, 0.5) is 13.2 Å². The minimum Gasteiger partial charge on any atom is -0.234 e. The van der Waals surface area contributed by atoms with Crippen molar-refractivity contribution in [1.82, 2.24) is 18.9 Å². The van der Waals surface area contributed by atoms with Gasteiger partial charge in [0.2, 0.25) is 10.0 Å². The fraction of sp³-hybridized carbons (Fsp3) is 0.647. The Bertz CT molecular complexity index is 938. The van der Waals surface area contributed by atoms with E-state index < -0.39 is 27.1 Å². The maximum atomic E-state index is 13.4. The predicted octanol–water partition coefficient (Wildman–Crippen LogP) is 3.23. The first-order valence-corrected chi connectivity index (χ1v) is 10.5. The zero-order chi connectivity index (χ0) is 20.0. The molecule has 0 saturated carbocycles. The van der Waals surface area contributed by atoms with Crippen molar-refractivity contribution in [1.29, 1.82) is 0 Å². The zero-order valence-electron chi connectivity index (χ0n) is 15.5. The van der Waals surface area contributed by atoms with Gasteiger partial charge in [0.1, 0.15) is 5.69 Å². The molecule has 150 valence electrons. The minimum atomic E-state index is -4.55. The number of fused-ring (bicyclic) bond motifs is 1. The number of aryl methyl sites for hydroxylation is 1. The lowest BCUT2D eigenvalue weighted by atomic mass is 9.96. The van der Waals surface area contributed by atoms with Gasteiger partial charge in [0.25, 0.3) is 0 Å². The first-order valence-electron chi connectivity index (χ1n) is 8.99. The van der Waals surface area contributed by atoms with E-state index in [1.165, 1.54) is 4.31 Å². The van der Waals surface area contributed by atoms with Gasteiger partial charge in [-0.1, -0.05) is 6.92 Å². The summed E-state index contributed by atoms with van der Waals surface area (Å²) in [4.78, 5) is 4.25. The molecule has 2 aromatic heterocycles. The molecule has 0 spiro atoms. The van der Waals surface area contributed by atoms with E-state index in [9.17, 15) is 21.6 Å². The maximum Gasteiger partial charge on any atom is 0.433 e. The Kier molecular flexibility index (Phi) is 5.24. The quantitative estimate of drug-likeness (QED) is 0.785. The molecule has 1 fully saturated rings. The van der Waals surface area contributed by atoms with Gasteiger partial charge in [-0.25, -0.2) is 22.2 Å². The summed E-state index contributed by atoms with van der Waals surface area (Å²) in [6.45, 7) is 5.64. The molecule has 1 saturated heterocycles. The molecule has 10 heteroatoms. The average molecular weight is 404 g/mol. The Morgan fingerprint density at radius 3 is 2.59 bits per heavy atom. The van der Waals surface area contributed by atoms with E-state index in [0.29, 0.717) is 37.2 Å². The monoisotopic (exact) mass is 404 g/mol. The van der Waals surface area contributed by atoms with Gasteiger partial charge in [0, 0.05) is 30.8 Å². The van der Waals surface area contributed by atoms with Crippen LogP contribution in [0.1, 0.15) is 56.6 Å². The first-order chi connectivity index (χ1) is 12.5. The van der Waals surface area contributed by atoms with Crippen molar-refractivity contribution in [3.05, 3.63) is 29.2 Å². The molecule has 3 rings (SSSR count). The fourth-order valence-corrected chi connectivity index (χ4v) is 4.71. The summed E-state index contributed by atoms with van der Waals surface area (Å²) in [7, 11) is -3.41. The number of rotatable bonds is 4. The van der Waals surface area contributed by atoms with Gasteiger partial charge in [0.05, 0.1) is 10.9 Å². The van der Waals surface area contributed by atoms with E-state index in [1.807, 2.05) is 0 Å². The Balaban J connectivity index is 2.00. The molecular formula is C17H23F3N4O2S. The third kappa shape index (κ3) is 3.82. The van der Waals surface area contributed by atoms with Crippen molar-refractivity contribution in [2.75, 3.05) is 13.1 Å². The van der Waals surface area contributed by atoms with E-state index in [1.54, 1.807) is 26.8 Å². The van der Waals surface area contributed by atoms with E-state index in [0.717, 1.165) is 10.6 Å². The van der Waals surface area contributed by atoms with Crippen LogP contribution in [-0.4, -0.2) is 45.7 Å². The van der Waals surface area contributed by atoms with Crippen molar-refractivity contribution in [2.24, 2.45) is 0 Å². The number of sulfonamides is 1. The lowest BCUT2D eigenvalue weighted by Gasteiger charge is -2.32. The van der Waals surface area contributed by atoms with E-state index in [-0.39, 0.29) is 18.1 Å². The second kappa shape index (κ2) is 7.05. The number of halogens is 3. The molecule has 6 nitrogen and oxygen atoms in total. The normalized spacial score (nSPS) is 19.9. The van der Waals surface area contributed by atoms with E-state index in [4.69, 9.17) is 0 Å². The van der Waals surface area contributed by atoms with Crippen molar-refractivity contribution in [3.63, 3.8) is 0 Å². The van der Waals surface area contributed by atoms with Crippen LogP contribution in [0.15, 0.2) is 12.1 Å². The van der Waals surface area contributed by atoms with Crippen molar-refractivity contribution < 1.29 is 21.6 Å². The summed E-state index contributed by atoms with van der Waals surface area (Å²) >= 11 is 0. The number of hydrogen-bond acceptors (Lipinski definition) is 4. The van der Waals surface area contributed by atoms with Gasteiger partial charge >= 0.3 is 6.18 Å². The summed E-state index contributed by atoms with van der Waals surface area (Å²) in [6, 6.07) is 2.56. The summed E-state index contributed by atoms with van der Waals surface area (Å²) in [5, 5.41) is 3.61. The Morgan fingerprint density at radius 2 is 2.00 bits per heavy atom. The van der Waals surface area contributed by atoms with Crippen molar-refractivity contribution >= 4 is 15.7 Å². The molecule has 0 radical (unpaired) electrons. The minimum absolute atomic E-state index is 0.139. The SMILES string of the molecule is CCc1cc(C(F)(F)F)n2nc(C3CCCN(S(=O)(=O)C(C)C)C3)cc2n1. The van der Waals surface area contributed by atoms with Crippen LogP contribution in [0.25, 0.3) is 5.65 Å². The molecule has 0 N–H and O–H groups in total. The Morgan fingerprint density at radius 1 is 1.30 bits per heavy atom. The number of hydrogen-bond donors (Lipinski definition) is 0. The van der Waals surface area contributed by atoms with Crippen LogP contribution < -0.4 is 0 Å². The third-order valence-corrected chi connectivity index (χ3v) is 7.15. The predicted molar refractivity (Wildman–Crippen MR) is 95.0 cm³/mol. The molecule has 27 heavy (non-hydrogen) atoms. The summed E-state index contributed by atoms with van der Waals surface area (Å²) in [5.41, 5.74) is 0.0671. The molecule has 0 aliphatic carbocycles. The lowest BCUT2D eigenvalue weighted by Crippen LogP contribution is -2.42. The summed E-state index contributed by atoms with van der Waals surface area (Å²) in [6.07, 6.45) is -2.85. The van der Waals surface area contributed by atoms with Gasteiger partial charge in [0.15, 0.2) is 5.65 Å². The molecule has 1 aliphatic heterocycles. The van der Waals surface area contributed by atoms with Crippen molar-refractivity contribution in [2.45, 2.75) is 57.4 Å². The molecule has 1 aliphatic rings. The van der Waals surface area contributed by atoms with Gasteiger partial charge in [-0.2, -0.15) is 18.3 Å². The average Bonchev–Trinajstić information content (AvgIpc) is 3.03. The first kappa shape index (κ1) is 20.1. The van der Waals surface area contributed by atoms with Crippen LogP contribution in [0.3, 0.4) is 0 Å². The third-order valence-electron chi connectivity index (χ3n) is 4.91. The van der Waals surface area contributed by atoms with Gasteiger partial charge in [-0.15, -0.1) is 0 Å². The molecule has 2 aromatic rings. The molecule has 3 heterocycles. The molecular weight excluding hydrogens is 381 g/mol. The Labute approximate surface area is 156 Å². The molecule has 0 aromatic carbocycles. The van der Waals surface area contributed by atoms with E-state index >= 15 is 0 Å². The highest BCUT2D eigenvalue weighted by molar-refractivity contribution is 7.89. The second-order valence-corrected chi connectivity index (χ2v) is 9.60. The number of nitrogens with zero attached hydrogens (tertiary/aromatic N) is 4. The van der Waals surface area contributed by atoms with Crippen LogP contribution >= 0.6 is 0 Å². The standard InChI is InChI=1S/C17H23F3N4O2S/c1-4-13-8-15(17(18,19)20)24-16(21-13)9-14(22-24)12-6-5-7-23(10-12)27(25,26)11(2)3/h8-9,11-12H,4-7,10H2,1-3H3. The second-order valence-electron chi connectivity index (χ2n) is 7.11. The van der Waals surface area contributed by atoms with Gasteiger partial charge < -0.3 is 0 Å². The molecule has 0 amide bonds. The lowest BCUT2D eigenvalue weighted by molar-refractivity contribution is -0.142. The van der Waals surface area contributed by atoms with E-state index in [2.05, 4.69) is 10.1 Å². The highest BCUT2D eigenvalue weighted by Gasteiger charge is 2.36. The number of aromatic nitrogens is 3. The molecule has 1 unspecified atom stereocenters. The topological polar surface area (TPSA) is 67.6 Å². The number of piperidine rings is 1. The van der Waals surface area contributed by atoms with Crippen LogP contribution in [0, 0.1) is 0 Å².